The number of nitrogens with zero attached hydrogens (tertiary/aromatic N) is 3. The molecule has 2 heterocycles. The Bertz CT molecular complexity index is 1140. The summed E-state index contributed by atoms with van der Waals surface area (Å²) >= 11 is 0. The van der Waals surface area contributed by atoms with Crippen LogP contribution >= 0.6 is 0 Å². The Hall–Kier alpha value is -3.28. The van der Waals surface area contributed by atoms with Crippen LogP contribution in [0.5, 0.6) is 0 Å². The van der Waals surface area contributed by atoms with Gasteiger partial charge < -0.3 is 0 Å². The first-order valence-electron chi connectivity index (χ1n) is 8.29. The van der Waals surface area contributed by atoms with E-state index in [2.05, 4.69) is 15.0 Å². The van der Waals surface area contributed by atoms with Crippen molar-refractivity contribution >= 4 is 10.9 Å². The van der Waals surface area contributed by atoms with Gasteiger partial charge in [0, 0.05) is 17.1 Å². The van der Waals surface area contributed by atoms with Crippen molar-refractivity contribution in [2.75, 3.05) is 0 Å². The maximum absolute atomic E-state index is 13.0. The van der Waals surface area contributed by atoms with E-state index in [9.17, 15) is 13.2 Å². The minimum Gasteiger partial charge on any atom is -0.244 e. The molecule has 0 radical (unpaired) electrons. The van der Waals surface area contributed by atoms with Gasteiger partial charge in [0.2, 0.25) is 0 Å². The van der Waals surface area contributed by atoms with Crippen LogP contribution in [0.25, 0.3) is 33.7 Å². The third-order valence-corrected chi connectivity index (χ3v) is 4.28. The molecule has 0 fully saturated rings. The van der Waals surface area contributed by atoms with Gasteiger partial charge in [-0.1, -0.05) is 36.4 Å². The van der Waals surface area contributed by atoms with Crippen LogP contribution in [0.15, 0.2) is 66.9 Å². The Labute approximate surface area is 153 Å². The average Bonchev–Trinajstić information content (AvgIpc) is 2.67. The minimum atomic E-state index is -4.40. The Morgan fingerprint density at radius 2 is 1.67 bits per heavy atom. The Morgan fingerprint density at radius 3 is 2.48 bits per heavy atom. The molecule has 27 heavy (non-hydrogen) atoms. The van der Waals surface area contributed by atoms with Crippen LogP contribution < -0.4 is 0 Å². The van der Waals surface area contributed by atoms with E-state index >= 15 is 0 Å². The van der Waals surface area contributed by atoms with Crippen molar-refractivity contribution in [2.24, 2.45) is 0 Å². The molecule has 0 aliphatic rings. The van der Waals surface area contributed by atoms with E-state index in [0.717, 1.165) is 28.6 Å². The Balaban J connectivity index is 1.82. The van der Waals surface area contributed by atoms with Crippen LogP contribution in [-0.2, 0) is 6.18 Å². The van der Waals surface area contributed by atoms with Crippen molar-refractivity contribution in [3.05, 3.63) is 78.0 Å². The van der Waals surface area contributed by atoms with Gasteiger partial charge in [0.25, 0.3) is 0 Å². The van der Waals surface area contributed by atoms with Crippen LogP contribution in [0, 0.1) is 6.92 Å². The van der Waals surface area contributed by atoms with Crippen LogP contribution in [0.2, 0.25) is 0 Å². The predicted octanol–water partition coefficient (Wildman–Crippen LogP) is 5.69. The number of aryl methyl sites for hydroxylation is 1. The van der Waals surface area contributed by atoms with Crippen molar-refractivity contribution in [2.45, 2.75) is 13.1 Å². The van der Waals surface area contributed by atoms with E-state index in [-0.39, 0.29) is 0 Å². The lowest BCUT2D eigenvalue weighted by molar-refractivity contribution is -0.137. The van der Waals surface area contributed by atoms with E-state index in [1.54, 1.807) is 18.3 Å². The lowest BCUT2D eigenvalue weighted by Gasteiger charge is -2.11. The van der Waals surface area contributed by atoms with Gasteiger partial charge in [-0.05, 0) is 36.8 Å². The molecule has 4 rings (SSSR count). The van der Waals surface area contributed by atoms with Gasteiger partial charge in [0.15, 0.2) is 5.82 Å². The van der Waals surface area contributed by atoms with Crippen molar-refractivity contribution in [3.63, 3.8) is 0 Å². The summed E-state index contributed by atoms with van der Waals surface area (Å²) in [4.78, 5) is 13.4. The minimum absolute atomic E-state index is 0.407. The Kier molecular flexibility index (Phi) is 4.11. The van der Waals surface area contributed by atoms with Crippen molar-refractivity contribution in [3.8, 4) is 22.8 Å². The Morgan fingerprint density at radius 1 is 0.852 bits per heavy atom. The van der Waals surface area contributed by atoms with Crippen molar-refractivity contribution < 1.29 is 13.2 Å². The van der Waals surface area contributed by atoms with Crippen LogP contribution in [0.4, 0.5) is 13.2 Å². The summed E-state index contributed by atoms with van der Waals surface area (Å²) in [5, 5.41) is 0.909. The molecule has 0 unspecified atom stereocenters. The smallest absolute Gasteiger partial charge is 0.244 e. The molecule has 0 saturated heterocycles. The summed E-state index contributed by atoms with van der Waals surface area (Å²) < 4.78 is 39.1. The zero-order valence-electron chi connectivity index (χ0n) is 14.3. The summed E-state index contributed by atoms with van der Waals surface area (Å²) in [6.45, 7) is 1.81. The summed E-state index contributed by atoms with van der Waals surface area (Å²) in [6.07, 6.45) is -2.69. The normalized spacial score (nSPS) is 11.7. The average molecular weight is 365 g/mol. The fourth-order valence-corrected chi connectivity index (χ4v) is 2.88. The monoisotopic (exact) mass is 365 g/mol. The molecule has 3 nitrogen and oxygen atoms in total. The number of aromatic nitrogens is 3. The van der Waals surface area contributed by atoms with Gasteiger partial charge in [0.1, 0.15) is 5.69 Å². The predicted molar refractivity (Wildman–Crippen MR) is 97.9 cm³/mol. The summed E-state index contributed by atoms with van der Waals surface area (Å²) in [5.74, 6) is 0.432. The molecule has 0 aliphatic heterocycles. The van der Waals surface area contributed by atoms with Crippen LogP contribution in [-0.4, -0.2) is 15.0 Å². The molecule has 134 valence electrons. The second-order valence-corrected chi connectivity index (χ2v) is 6.19. The van der Waals surface area contributed by atoms with Gasteiger partial charge in [-0.25, -0.2) is 15.0 Å². The van der Waals surface area contributed by atoms with Gasteiger partial charge in [-0.3, -0.25) is 0 Å². The van der Waals surface area contributed by atoms with Gasteiger partial charge in [-0.15, -0.1) is 0 Å². The molecule has 0 bridgehead atoms. The summed E-state index contributed by atoms with van der Waals surface area (Å²) in [5.41, 5.74) is 2.26. The number of halogens is 3. The summed E-state index contributed by atoms with van der Waals surface area (Å²) in [7, 11) is 0. The van der Waals surface area contributed by atoms with Crippen molar-refractivity contribution in [1.82, 2.24) is 15.0 Å². The maximum atomic E-state index is 13.0. The first kappa shape index (κ1) is 17.1. The fraction of sp³-hybridized carbons (Fsp3) is 0.0952. The fourth-order valence-electron chi connectivity index (χ4n) is 2.88. The van der Waals surface area contributed by atoms with E-state index in [1.807, 2.05) is 37.3 Å². The molecular weight excluding hydrogens is 351 g/mol. The molecule has 6 heteroatoms. The van der Waals surface area contributed by atoms with Gasteiger partial charge >= 0.3 is 6.18 Å². The third-order valence-electron chi connectivity index (χ3n) is 4.28. The molecule has 2 aromatic carbocycles. The molecule has 0 N–H and O–H groups in total. The van der Waals surface area contributed by atoms with Gasteiger partial charge in [-0.2, -0.15) is 13.2 Å². The molecule has 0 amide bonds. The molecule has 2 aromatic heterocycles. The lowest BCUT2D eigenvalue weighted by Crippen LogP contribution is -2.05. The second-order valence-electron chi connectivity index (χ2n) is 6.19. The molecule has 0 saturated carbocycles. The number of rotatable bonds is 2. The lowest BCUT2D eigenvalue weighted by atomic mass is 10.0. The summed E-state index contributed by atoms with van der Waals surface area (Å²) in [6, 6.07) is 16.3. The number of para-hydroxylation sites is 1. The number of benzene rings is 2. The molecule has 0 atom stereocenters. The third kappa shape index (κ3) is 3.38. The molecular formula is C21H14F3N3. The highest BCUT2D eigenvalue weighted by Gasteiger charge is 2.30. The topological polar surface area (TPSA) is 38.7 Å². The van der Waals surface area contributed by atoms with Crippen LogP contribution in [0.1, 0.15) is 11.1 Å². The number of hydrogen-bond donors (Lipinski definition) is 0. The largest absolute Gasteiger partial charge is 0.416 e. The zero-order valence-corrected chi connectivity index (χ0v) is 14.3. The number of pyridine rings is 1. The number of alkyl halides is 3. The molecule has 0 spiro atoms. The van der Waals surface area contributed by atoms with E-state index in [0.29, 0.717) is 22.8 Å². The maximum Gasteiger partial charge on any atom is 0.416 e. The van der Waals surface area contributed by atoms with Gasteiger partial charge in [0.05, 0.1) is 16.8 Å². The number of fused-ring (bicyclic) bond motifs is 1. The SMILES string of the molecule is Cc1ccc(-c2ncc3ccccc3n2)nc1-c1cccc(C(F)(F)F)c1. The highest BCUT2D eigenvalue weighted by molar-refractivity contribution is 5.79. The zero-order chi connectivity index (χ0) is 19.0. The standard InChI is InChI=1S/C21H14F3N3/c1-13-9-10-18(20-25-12-15-5-2-3-8-17(15)27-20)26-19(13)14-6-4-7-16(11-14)21(22,23)24/h2-12H,1H3. The van der Waals surface area contributed by atoms with E-state index < -0.39 is 11.7 Å². The highest BCUT2D eigenvalue weighted by atomic mass is 19.4. The quantitative estimate of drug-likeness (QED) is 0.458. The van der Waals surface area contributed by atoms with E-state index in [4.69, 9.17) is 0 Å². The second kappa shape index (κ2) is 6.46. The molecule has 4 aromatic rings. The highest BCUT2D eigenvalue weighted by Crippen LogP contribution is 2.33. The van der Waals surface area contributed by atoms with Crippen LogP contribution in [0.3, 0.4) is 0 Å². The molecule has 0 aliphatic carbocycles. The number of hydrogen-bond acceptors (Lipinski definition) is 3. The first-order valence-corrected chi connectivity index (χ1v) is 8.29. The first-order chi connectivity index (χ1) is 12.9. The van der Waals surface area contributed by atoms with Crippen molar-refractivity contribution in [1.29, 1.82) is 0 Å². The van der Waals surface area contributed by atoms with E-state index in [1.165, 1.54) is 6.07 Å².